The van der Waals surface area contributed by atoms with Gasteiger partial charge in [0.1, 0.15) is 25.6 Å². The van der Waals surface area contributed by atoms with Crippen molar-refractivity contribution < 1.29 is 18.8 Å². The number of halogens is 1. The maximum Gasteiger partial charge on any atom is 0.254 e. The summed E-state index contributed by atoms with van der Waals surface area (Å²) in [7, 11) is 0. The highest BCUT2D eigenvalue weighted by Gasteiger charge is 2.37. The number of anilines is 1. The largest absolute Gasteiger partial charge is 0.326 e. The third kappa shape index (κ3) is 4.13. The average molecular weight is 395 g/mol. The first-order valence-electron chi connectivity index (χ1n) is 9.64. The van der Waals surface area contributed by atoms with Crippen LogP contribution in [-0.2, 0) is 9.59 Å². The number of carbonyl (C=O) groups is 3. The fourth-order valence-electron chi connectivity index (χ4n) is 3.42. The number of benzene rings is 2. The Labute approximate surface area is 168 Å². The molecule has 150 valence electrons. The van der Waals surface area contributed by atoms with Crippen LogP contribution in [0.4, 0.5) is 10.1 Å². The molecule has 6 nitrogen and oxygen atoms in total. The molecule has 2 aromatic carbocycles. The van der Waals surface area contributed by atoms with Crippen LogP contribution in [0.5, 0.6) is 0 Å². The van der Waals surface area contributed by atoms with Gasteiger partial charge in [-0.3, -0.25) is 19.3 Å². The Morgan fingerprint density at radius 3 is 2.34 bits per heavy atom. The Morgan fingerprint density at radius 2 is 1.72 bits per heavy atom. The predicted molar refractivity (Wildman–Crippen MR) is 106 cm³/mol. The molecule has 3 amide bonds. The molecular formula is C22H22FN3O3. The third-order valence-electron chi connectivity index (χ3n) is 5.28. The van der Waals surface area contributed by atoms with Crippen LogP contribution < -0.4 is 4.90 Å². The van der Waals surface area contributed by atoms with E-state index in [1.807, 2.05) is 19.1 Å². The van der Waals surface area contributed by atoms with Crippen LogP contribution in [0.1, 0.15) is 28.8 Å². The standard InChI is InChI=1S/C22H22FN3O3/c1-15-2-4-16(5-3-15)22(29)25(18-10-11-18)13-20(27)24-12-21(28)26(14-24)19-8-6-17(23)7-9-19/h2-9,18H,10-14H2,1H3. The molecule has 4 rings (SSSR count). The number of nitrogens with zero attached hydrogens (tertiary/aromatic N) is 3. The predicted octanol–water partition coefficient (Wildman–Crippen LogP) is 2.57. The molecule has 0 unspecified atom stereocenters. The van der Waals surface area contributed by atoms with Crippen LogP contribution in [-0.4, -0.2) is 53.3 Å². The van der Waals surface area contributed by atoms with Crippen molar-refractivity contribution in [2.24, 2.45) is 0 Å². The molecule has 0 spiro atoms. The molecule has 0 bridgehead atoms. The number of aryl methyl sites for hydroxylation is 1. The van der Waals surface area contributed by atoms with Gasteiger partial charge in [-0.2, -0.15) is 0 Å². The summed E-state index contributed by atoms with van der Waals surface area (Å²) in [6.07, 6.45) is 1.76. The third-order valence-corrected chi connectivity index (χ3v) is 5.28. The second-order valence-electron chi connectivity index (χ2n) is 7.56. The van der Waals surface area contributed by atoms with E-state index in [9.17, 15) is 18.8 Å². The zero-order valence-corrected chi connectivity index (χ0v) is 16.2. The Balaban J connectivity index is 1.44. The molecule has 2 aromatic rings. The van der Waals surface area contributed by atoms with Crippen molar-refractivity contribution in [3.63, 3.8) is 0 Å². The smallest absolute Gasteiger partial charge is 0.254 e. The second kappa shape index (κ2) is 7.66. The van der Waals surface area contributed by atoms with E-state index in [1.54, 1.807) is 17.0 Å². The first-order valence-corrected chi connectivity index (χ1v) is 9.64. The number of carbonyl (C=O) groups excluding carboxylic acids is 3. The lowest BCUT2D eigenvalue weighted by Gasteiger charge is -2.25. The van der Waals surface area contributed by atoms with Crippen LogP contribution in [0.25, 0.3) is 0 Å². The normalized spacial score (nSPS) is 16.3. The molecule has 2 fully saturated rings. The van der Waals surface area contributed by atoms with E-state index < -0.39 is 0 Å². The summed E-state index contributed by atoms with van der Waals surface area (Å²) in [5, 5.41) is 0. The minimum absolute atomic E-state index is 0.0482. The molecule has 0 N–H and O–H groups in total. The highest BCUT2D eigenvalue weighted by atomic mass is 19.1. The molecule has 1 saturated carbocycles. The Morgan fingerprint density at radius 1 is 1.07 bits per heavy atom. The molecule has 0 radical (unpaired) electrons. The van der Waals surface area contributed by atoms with Gasteiger partial charge in [0.2, 0.25) is 11.8 Å². The van der Waals surface area contributed by atoms with Crippen molar-refractivity contribution in [3.8, 4) is 0 Å². The molecule has 29 heavy (non-hydrogen) atoms. The molecule has 0 atom stereocenters. The van der Waals surface area contributed by atoms with Crippen LogP contribution >= 0.6 is 0 Å². The molecule has 1 aliphatic carbocycles. The molecule has 1 heterocycles. The SMILES string of the molecule is Cc1ccc(C(=O)N(CC(=O)N2CC(=O)N(c3ccc(F)cc3)C2)C2CC2)cc1. The lowest BCUT2D eigenvalue weighted by molar-refractivity contribution is -0.132. The van der Waals surface area contributed by atoms with Crippen LogP contribution in [0.15, 0.2) is 48.5 Å². The van der Waals surface area contributed by atoms with Crippen LogP contribution in [0.3, 0.4) is 0 Å². The topological polar surface area (TPSA) is 60.9 Å². The van der Waals surface area contributed by atoms with Crippen molar-refractivity contribution in [1.29, 1.82) is 0 Å². The average Bonchev–Trinajstić information content (AvgIpc) is 3.48. The first kappa shape index (κ1) is 19.1. The van der Waals surface area contributed by atoms with Crippen molar-refractivity contribution >= 4 is 23.4 Å². The first-order chi connectivity index (χ1) is 13.9. The van der Waals surface area contributed by atoms with E-state index in [2.05, 4.69) is 0 Å². The summed E-state index contributed by atoms with van der Waals surface area (Å²) in [5.41, 5.74) is 2.16. The minimum Gasteiger partial charge on any atom is -0.326 e. The summed E-state index contributed by atoms with van der Waals surface area (Å²) >= 11 is 0. The number of amides is 3. The zero-order chi connectivity index (χ0) is 20.5. The highest BCUT2D eigenvalue weighted by molar-refractivity contribution is 6.01. The number of rotatable bonds is 5. The van der Waals surface area contributed by atoms with E-state index in [4.69, 9.17) is 0 Å². The molecule has 7 heteroatoms. The van der Waals surface area contributed by atoms with Gasteiger partial charge in [-0.15, -0.1) is 0 Å². The van der Waals surface area contributed by atoms with Gasteiger partial charge in [0, 0.05) is 17.3 Å². The van der Waals surface area contributed by atoms with Crippen molar-refractivity contribution in [1.82, 2.24) is 9.80 Å². The van der Waals surface area contributed by atoms with E-state index in [0.29, 0.717) is 11.3 Å². The minimum atomic E-state index is -0.386. The van der Waals surface area contributed by atoms with E-state index in [-0.39, 0.29) is 49.3 Å². The van der Waals surface area contributed by atoms with Crippen molar-refractivity contribution in [2.45, 2.75) is 25.8 Å². The van der Waals surface area contributed by atoms with E-state index >= 15 is 0 Å². The summed E-state index contributed by atoms with van der Waals surface area (Å²) < 4.78 is 13.1. The van der Waals surface area contributed by atoms with E-state index in [1.165, 1.54) is 34.1 Å². The maximum absolute atomic E-state index is 13.1. The number of hydrogen-bond donors (Lipinski definition) is 0. The Kier molecular flexibility index (Phi) is 5.05. The molecule has 1 aliphatic heterocycles. The van der Waals surface area contributed by atoms with Crippen molar-refractivity contribution in [3.05, 3.63) is 65.5 Å². The maximum atomic E-state index is 13.1. The van der Waals surface area contributed by atoms with Gasteiger partial charge in [-0.25, -0.2) is 4.39 Å². The van der Waals surface area contributed by atoms with Gasteiger partial charge in [-0.05, 0) is 56.2 Å². The number of hydrogen-bond acceptors (Lipinski definition) is 3. The monoisotopic (exact) mass is 395 g/mol. The van der Waals surface area contributed by atoms with Gasteiger partial charge >= 0.3 is 0 Å². The lowest BCUT2D eigenvalue weighted by atomic mass is 10.1. The summed E-state index contributed by atoms with van der Waals surface area (Å²) in [5.74, 6) is -1.05. The Hall–Kier alpha value is -3.22. The summed E-state index contributed by atoms with van der Waals surface area (Å²) in [6, 6.07) is 12.9. The highest BCUT2D eigenvalue weighted by Crippen LogP contribution is 2.29. The quantitative estimate of drug-likeness (QED) is 0.782. The fraction of sp³-hybridized carbons (Fsp3) is 0.318. The van der Waals surface area contributed by atoms with Crippen LogP contribution in [0, 0.1) is 12.7 Å². The molecule has 1 saturated heterocycles. The van der Waals surface area contributed by atoms with E-state index in [0.717, 1.165) is 18.4 Å². The lowest BCUT2D eigenvalue weighted by Crippen LogP contribution is -2.43. The van der Waals surface area contributed by atoms with Gasteiger partial charge in [0.25, 0.3) is 5.91 Å². The van der Waals surface area contributed by atoms with Crippen molar-refractivity contribution in [2.75, 3.05) is 24.7 Å². The van der Waals surface area contributed by atoms with Gasteiger partial charge in [0.15, 0.2) is 0 Å². The second-order valence-corrected chi connectivity index (χ2v) is 7.56. The van der Waals surface area contributed by atoms with Gasteiger partial charge in [0.05, 0.1) is 0 Å². The molecular weight excluding hydrogens is 373 g/mol. The van der Waals surface area contributed by atoms with Crippen LogP contribution in [0.2, 0.25) is 0 Å². The van der Waals surface area contributed by atoms with Gasteiger partial charge < -0.3 is 9.80 Å². The summed E-state index contributed by atoms with van der Waals surface area (Å²) in [4.78, 5) is 42.6. The zero-order valence-electron chi connectivity index (χ0n) is 16.2. The summed E-state index contributed by atoms with van der Waals surface area (Å²) in [6.45, 7) is 1.95. The molecule has 0 aromatic heterocycles. The molecule has 2 aliphatic rings. The van der Waals surface area contributed by atoms with Gasteiger partial charge in [-0.1, -0.05) is 17.7 Å². The fourth-order valence-corrected chi connectivity index (χ4v) is 3.42. The Bertz CT molecular complexity index is 939.